The molecular formula is C10H11IO2S. The fraction of sp³-hybridized carbons (Fsp3) is 0.300. The van der Waals surface area contributed by atoms with Gasteiger partial charge in [-0.3, -0.25) is 4.79 Å². The minimum atomic E-state index is -0.750. The molecule has 0 amide bonds. The van der Waals surface area contributed by atoms with Gasteiger partial charge < -0.3 is 5.11 Å². The number of rotatable bonds is 4. The lowest BCUT2D eigenvalue weighted by Gasteiger charge is -2.05. The van der Waals surface area contributed by atoms with Crippen LogP contribution in [0.2, 0.25) is 0 Å². The second kappa shape index (κ2) is 5.60. The van der Waals surface area contributed by atoms with Crippen molar-refractivity contribution in [1.29, 1.82) is 0 Å². The van der Waals surface area contributed by atoms with E-state index in [1.54, 1.807) is 6.92 Å². The summed E-state index contributed by atoms with van der Waals surface area (Å²) in [4.78, 5) is 10.6. The molecule has 0 fully saturated rings. The van der Waals surface area contributed by atoms with E-state index in [0.29, 0.717) is 0 Å². The molecule has 0 aliphatic rings. The van der Waals surface area contributed by atoms with Gasteiger partial charge in [-0.2, -0.15) is 0 Å². The molecule has 1 N–H and O–H groups in total. The van der Waals surface area contributed by atoms with E-state index in [4.69, 9.17) is 5.11 Å². The normalized spacial score (nSPS) is 12.4. The van der Waals surface area contributed by atoms with Gasteiger partial charge >= 0.3 is 5.97 Å². The largest absolute Gasteiger partial charge is 0.480 e. The fourth-order valence-corrected chi connectivity index (χ4v) is 2.01. The topological polar surface area (TPSA) is 37.3 Å². The summed E-state index contributed by atoms with van der Waals surface area (Å²) in [5.74, 6) is 0.00483. The summed E-state index contributed by atoms with van der Waals surface area (Å²) >= 11 is 3.69. The molecule has 0 radical (unpaired) electrons. The maximum absolute atomic E-state index is 10.6. The molecule has 1 aromatic carbocycles. The molecule has 76 valence electrons. The second-order valence-corrected chi connectivity index (χ2v) is 5.49. The highest BCUT2D eigenvalue weighted by molar-refractivity contribution is 14.1. The molecule has 0 aliphatic carbocycles. The number of halogens is 1. The average Bonchev–Trinajstić information content (AvgIpc) is 2.16. The summed E-state index contributed by atoms with van der Waals surface area (Å²) in [5.41, 5.74) is 1.17. The van der Waals surface area contributed by atoms with Crippen LogP contribution in [0.1, 0.15) is 12.5 Å². The predicted molar refractivity (Wildman–Crippen MR) is 67.6 cm³/mol. The average molecular weight is 322 g/mol. The Kier molecular flexibility index (Phi) is 4.74. The van der Waals surface area contributed by atoms with Gasteiger partial charge in [-0.15, -0.1) is 11.8 Å². The first-order valence-corrected chi connectivity index (χ1v) is 6.31. The number of aliphatic carboxylic acids is 1. The number of hydrogen-bond donors (Lipinski definition) is 1. The quantitative estimate of drug-likeness (QED) is 0.866. The lowest BCUT2D eigenvalue weighted by atomic mass is 10.2. The van der Waals surface area contributed by atoms with Crippen molar-refractivity contribution in [2.45, 2.75) is 17.9 Å². The van der Waals surface area contributed by atoms with Gasteiger partial charge in [0, 0.05) is 9.32 Å². The Balaban J connectivity index is 2.46. The molecule has 0 heterocycles. The maximum Gasteiger partial charge on any atom is 0.316 e. The summed E-state index contributed by atoms with van der Waals surface area (Å²) in [6.07, 6.45) is 0. The highest BCUT2D eigenvalue weighted by Gasteiger charge is 2.10. The van der Waals surface area contributed by atoms with Gasteiger partial charge in [0.15, 0.2) is 0 Å². The smallest absolute Gasteiger partial charge is 0.316 e. The van der Waals surface area contributed by atoms with Crippen LogP contribution in [-0.4, -0.2) is 16.3 Å². The SMILES string of the molecule is CC(SCc1ccc(I)cc1)C(=O)O. The monoisotopic (exact) mass is 322 g/mol. The van der Waals surface area contributed by atoms with Crippen molar-refractivity contribution in [3.05, 3.63) is 33.4 Å². The molecule has 0 aliphatic heterocycles. The summed E-state index contributed by atoms with van der Waals surface area (Å²) < 4.78 is 1.20. The van der Waals surface area contributed by atoms with Crippen LogP contribution in [0, 0.1) is 3.57 Å². The van der Waals surface area contributed by atoms with Crippen LogP contribution in [0.4, 0.5) is 0 Å². The molecule has 1 aromatic rings. The molecule has 1 unspecified atom stereocenters. The highest BCUT2D eigenvalue weighted by atomic mass is 127. The summed E-state index contributed by atoms with van der Waals surface area (Å²) in [6.45, 7) is 1.71. The molecule has 0 saturated heterocycles. The van der Waals surface area contributed by atoms with E-state index < -0.39 is 5.97 Å². The summed E-state index contributed by atoms with van der Waals surface area (Å²) in [5, 5.41) is 8.34. The van der Waals surface area contributed by atoms with Gasteiger partial charge in [0.25, 0.3) is 0 Å². The fourth-order valence-electron chi connectivity index (χ4n) is 0.873. The van der Waals surface area contributed by atoms with Crippen molar-refractivity contribution in [1.82, 2.24) is 0 Å². The van der Waals surface area contributed by atoms with Crippen molar-refractivity contribution in [2.75, 3.05) is 0 Å². The van der Waals surface area contributed by atoms with Gasteiger partial charge in [0.2, 0.25) is 0 Å². The molecule has 0 spiro atoms. The van der Waals surface area contributed by atoms with Crippen molar-refractivity contribution in [3.8, 4) is 0 Å². The van der Waals surface area contributed by atoms with Gasteiger partial charge in [0.05, 0.1) is 5.25 Å². The van der Waals surface area contributed by atoms with E-state index in [1.165, 1.54) is 20.9 Å². The summed E-state index contributed by atoms with van der Waals surface area (Å²) in [6, 6.07) is 8.12. The van der Waals surface area contributed by atoms with Crippen LogP contribution in [0.5, 0.6) is 0 Å². The van der Waals surface area contributed by atoms with E-state index in [-0.39, 0.29) is 5.25 Å². The van der Waals surface area contributed by atoms with Gasteiger partial charge in [-0.05, 0) is 47.2 Å². The van der Waals surface area contributed by atoms with E-state index in [9.17, 15) is 4.79 Å². The van der Waals surface area contributed by atoms with Crippen molar-refractivity contribution >= 4 is 40.3 Å². The van der Waals surface area contributed by atoms with E-state index in [2.05, 4.69) is 22.6 Å². The van der Waals surface area contributed by atoms with Crippen molar-refractivity contribution < 1.29 is 9.90 Å². The minimum Gasteiger partial charge on any atom is -0.480 e. The zero-order valence-corrected chi connectivity index (χ0v) is 10.7. The summed E-state index contributed by atoms with van der Waals surface area (Å²) in [7, 11) is 0. The third-order valence-corrected chi connectivity index (χ3v) is 3.68. The highest BCUT2D eigenvalue weighted by Crippen LogP contribution is 2.18. The Labute approximate surface area is 101 Å². The lowest BCUT2D eigenvalue weighted by Crippen LogP contribution is -2.11. The Morgan fingerprint density at radius 1 is 1.50 bits per heavy atom. The van der Waals surface area contributed by atoms with Crippen molar-refractivity contribution in [3.63, 3.8) is 0 Å². The van der Waals surface area contributed by atoms with E-state index >= 15 is 0 Å². The number of hydrogen-bond acceptors (Lipinski definition) is 2. The zero-order valence-electron chi connectivity index (χ0n) is 7.74. The molecule has 0 bridgehead atoms. The standard InChI is InChI=1S/C10H11IO2S/c1-7(10(12)13)14-6-8-2-4-9(11)5-3-8/h2-5,7H,6H2,1H3,(H,12,13). The van der Waals surface area contributed by atoms with Crippen LogP contribution in [-0.2, 0) is 10.5 Å². The number of carboxylic acid groups (broad SMARTS) is 1. The first-order valence-electron chi connectivity index (χ1n) is 4.18. The van der Waals surface area contributed by atoms with Crippen LogP contribution in [0.25, 0.3) is 0 Å². The third-order valence-electron chi connectivity index (χ3n) is 1.76. The Hall–Kier alpha value is -0.230. The van der Waals surface area contributed by atoms with Crippen LogP contribution >= 0.6 is 34.4 Å². The number of thioether (sulfide) groups is 1. The number of carboxylic acids is 1. The third kappa shape index (κ3) is 3.88. The van der Waals surface area contributed by atoms with E-state index in [0.717, 1.165) is 5.75 Å². The van der Waals surface area contributed by atoms with Crippen LogP contribution in [0.3, 0.4) is 0 Å². The first kappa shape index (κ1) is 11.8. The van der Waals surface area contributed by atoms with Gasteiger partial charge in [-0.1, -0.05) is 12.1 Å². The van der Waals surface area contributed by atoms with Gasteiger partial charge in [0.1, 0.15) is 0 Å². The lowest BCUT2D eigenvalue weighted by molar-refractivity contribution is -0.136. The Bertz CT molecular complexity index is 310. The molecular weight excluding hydrogens is 311 g/mol. The van der Waals surface area contributed by atoms with Crippen molar-refractivity contribution in [2.24, 2.45) is 0 Å². The van der Waals surface area contributed by atoms with Crippen LogP contribution < -0.4 is 0 Å². The minimum absolute atomic E-state index is 0.339. The Morgan fingerprint density at radius 3 is 2.57 bits per heavy atom. The molecule has 14 heavy (non-hydrogen) atoms. The number of carbonyl (C=O) groups is 1. The second-order valence-electron chi connectivity index (χ2n) is 2.92. The Morgan fingerprint density at radius 2 is 2.07 bits per heavy atom. The van der Waals surface area contributed by atoms with E-state index in [1.807, 2.05) is 24.3 Å². The molecule has 4 heteroatoms. The first-order chi connectivity index (χ1) is 6.59. The molecule has 1 atom stereocenters. The molecule has 1 rings (SSSR count). The number of benzene rings is 1. The molecule has 0 saturated carbocycles. The van der Waals surface area contributed by atoms with Crippen LogP contribution in [0.15, 0.2) is 24.3 Å². The molecule has 2 nitrogen and oxygen atoms in total. The maximum atomic E-state index is 10.6. The van der Waals surface area contributed by atoms with Gasteiger partial charge in [-0.25, -0.2) is 0 Å². The molecule has 0 aromatic heterocycles. The zero-order chi connectivity index (χ0) is 10.6. The predicted octanol–water partition coefficient (Wildman–Crippen LogP) is 3.00.